The molecule has 1 aliphatic rings. The third-order valence-electron chi connectivity index (χ3n) is 3.42. The number of nitrogens with zero attached hydrogens (tertiary/aromatic N) is 2. The number of hydrogen-bond acceptors (Lipinski definition) is 2. The average Bonchev–Trinajstić information content (AvgIpc) is 2.78. The number of morpholine rings is 1. The largest absolute Gasteiger partial charge is 0.378 e. The first kappa shape index (κ1) is 10.7. The molecule has 3 rings (SSSR count). The monoisotopic (exact) mass is 230 g/mol. The third-order valence-corrected chi connectivity index (χ3v) is 3.42. The van der Waals surface area contributed by atoms with Crippen LogP contribution in [0.2, 0.25) is 0 Å². The Bertz CT molecular complexity index is 512. The molecule has 0 saturated carbocycles. The maximum absolute atomic E-state index is 5.43. The SMILES string of the molecule is CCc1cc2ccccn2c1N1CCOCC1. The lowest BCUT2D eigenvalue weighted by Gasteiger charge is -2.29. The Kier molecular flexibility index (Phi) is 2.77. The van der Waals surface area contributed by atoms with Gasteiger partial charge in [-0.3, -0.25) is 0 Å². The van der Waals surface area contributed by atoms with E-state index in [2.05, 4.69) is 46.7 Å². The van der Waals surface area contributed by atoms with E-state index in [-0.39, 0.29) is 0 Å². The van der Waals surface area contributed by atoms with Crippen LogP contribution in [0, 0.1) is 0 Å². The Morgan fingerprint density at radius 3 is 2.82 bits per heavy atom. The highest BCUT2D eigenvalue weighted by Gasteiger charge is 2.17. The second-order valence-corrected chi connectivity index (χ2v) is 4.44. The maximum atomic E-state index is 5.43. The lowest BCUT2D eigenvalue weighted by Crippen LogP contribution is -2.37. The zero-order valence-corrected chi connectivity index (χ0v) is 10.2. The van der Waals surface area contributed by atoms with Gasteiger partial charge in [0.05, 0.1) is 13.2 Å². The summed E-state index contributed by atoms with van der Waals surface area (Å²) in [7, 11) is 0. The lowest BCUT2D eigenvalue weighted by atomic mass is 10.2. The minimum absolute atomic E-state index is 0.837. The molecule has 0 amide bonds. The Labute approximate surface area is 102 Å². The van der Waals surface area contributed by atoms with Crippen molar-refractivity contribution in [2.24, 2.45) is 0 Å². The number of pyridine rings is 1. The van der Waals surface area contributed by atoms with E-state index in [1.165, 1.54) is 16.9 Å². The Morgan fingerprint density at radius 1 is 1.24 bits per heavy atom. The van der Waals surface area contributed by atoms with Crippen LogP contribution < -0.4 is 4.90 Å². The standard InChI is InChI=1S/C14H18N2O/c1-2-12-11-13-5-3-4-6-16(13)14(12)15-7-9-17-10-8-15/h3-6,11H,2,7-10H2,1H3. The molecule has 1 aliphatic heterocycles. The number of aryl methyl sites for hydroxylation is 1. The molecule has 3 nitrogen and oxygen atoms in total. The van der Waals surface area contributed by atoms with Crippen LogP contribution in [0.15, 0.2) is 30.5 Å². The van der Waals surface area contributed by atoms with Gasteiger partial charge in [0.2, 0.25) is 0 Å². The van der Waals surface area contributed by atoms with Crippen LogP contribution in [-0.4, -0.2) is 30.7 Å². The van der Waals surface area contributed by atoms with Gasteiger partial charge in [0.25, 0.3) is 0 Å². The van der Waals surface area contributed by atoms with Gasteiger partial charge in [0.1, 0.15) is 5.82 Å². The number of anilines is 1. The molecule has 0 bridgehead atoms. The van der Waals surface area contributed by atoms with Crippen molar-refractivity contribution in [3.63, 3.8) is 0 Å². The molecular weight excluding hydrogens is 212 g/mol. The number of rotatable bonds is 2. The average molecular weight is 230 g/mol. The van der Waals surface area contributed by atoms with E-state index in [4.69, 9.17) is 4.74 Å². The van der Waals surface area contributed by atoms with E-state index >= 15 is 0 Å². The quantitative estimate of drug-likeness (QED) is 0.787. The van der Waals surface area contributed by atoms with Crippen molar-refractivity contribution >= 4 is 11.3 Å². The number of hydrogen-bond donors (Lipinski definition) is 0. The van der Waals surface area contributed by atoms with Crippen LogP contribution in [-0.2, 0) is 11.2 Å². The minimum Gasteiger partial charge on any atom is -0.378 e. The third kappa shape index (κ3) is 1.80. The molecule has 0 aliphatic carbocycles. The van der Waals surface area contributed by atoms with Crippen LogP contribution in [0.25, 0.3) is 5.52 Å². The summed E-state index contributed by atoms with van der Waals surface area (Å²) in [5, 5.41) is 0. The minimum atomic E-state index is 0.837. The van der Waals surface area contributed by atoms with Crippen molar-refractivity contribution in [1.29, 1.82) is 0 Å². The highest BCUT2D eigenvalue weighted by Crippen LogP contribution is 2.26. The molecule has 1 fully saturated rings. The van der Waals surface area contributed by atoms with Crippen molar-refractivity contribution in [3.05, 3.63) is 36.0 Å². The smallest absolute Gasteiger partial charge is 0.116 e. The van der Waals surface area contributed by atoms with Gasteiger partial charge in [-0.2, -0.15) is 0 Å². The highest BCUT2D eigenvalue weighted by molar-refractivity contribution is 5.64. The molecule has 0 aromatic carbocycles. The summed E-state index contributed by atoms with van der Waals surface area (Å²) in [5.41, 5.74) is 2.71. The van der Waals surface area contributed by atoms with E-state index < -0.39 is 0 Å². The van der Waals surface area contributed by atoms with E-state index in [0.717, 1.165) is 32.7 Å². The molecule has 0 N–H and O–H groups in total. The van der Waals surface area contributed by atoms with E-state index in [1.54, 1.807) is 0 Å². The molecule has 0 spiro atoms. The molecule has 3 heterocycles. The topological polar surface area (TPSA) is 16.9 Å². The second-order valence-electron chi connectivity index (χ2n) is 4.44. The zero-order chi connectivity index (χ0) is 11.7. The molecule has 90 valence electrons. The van der Waals surface area contributed by atoms with Crippen molar-refractivity contribution in [1.82, 2.24) is 4.40 Å². The zero-order valence-electron chi connectivity index (χ0n) is 10.2. The molecule has 1 saturated heterocycles. The van der Waals surface area contributed by atoms with Crippen molar-refractivity contribution in [3.8, 4) is 0 Å². The first-order valence-electron chi connectivity index (χ1n) is 6.32. The molecule has 2 aromatic heterocycles. The van der Waals surface area contributed by atoms with Gasteiger partial charge in [0, 0.05) is 24.8 Å². The first-order chi connectivity index (χ1) is 8.40. The summed E-state index contributed by atoms with van der Waals surface area (Å²) in [6.07, 6.45) is 3.23. The van der Waals surface area contributed by atoms with Gasteiger partial charge in [-0.15, -0.1) is 0 Å². The lowest BCUT2D eigenvalue weighted by molar-refractivity contribution is 0.122. The van der Waals surface area contributed by atoms with Crippen LogP contribution in [0.3, 0.4) is 0 Å². The predicted molar refractivity (Wildman–Crippen MR) is 69.8 cm³/mol. The molecular formula is C14H18N2O. The van der Waals surface area contributed by atoms with Gasteiger partial charge in [-0.05, 0) is 30.2 Å². The summed E-state index contributed by atoms with van der Waals surface area (Å²) in [6, 6.07) is 8.65. The van der Waals surface area contributed by atoms with E-state index in [0.29, 0.717) is 0 Å². The normalized spacial score (nSPS) is 16.6. The summed E-state index contributed by atoms with van der Waals surface area (Å²) in [4.78, 5) is 2.44. The van der Waals surface area contributed by atoms with Gasteiger partial charge < -0.3 is 14.0 Å². The van der Waals surface area contributed by atoms with Crippen LogP contribution in [0.1, 0.15) is 12.5 Å². The molecule has 0 unspecified atom stereocenters. The Hall–Kier alpha value is -1.48. The fourth-order valence-electron chi connectivity index (χ4n) is 2.56. The highest BCUT2D eigenvalue weighted by atomic mass is 16.5. The maximum Gasteiger partial charge on any atom is 0.116 e. The second kappa shape index (κ2) is 4.41. The molecule has 0 atom stereocenters. The van der Waals surface area contributed by atoms with Gasteiger partial charge in [0.15, 0.2) is 0 Å². The Balaban J connectivity index is 2.11. The van der Waals surface area contributed by atoms with Crippen LogP contribution in [0.4, 0.5) is 5.82 Å². The Morgan fingerprint density at radius 2 is 2.06 bits per heavy atom. The molecule has 0 radical (unpaired) electrons. The van der Waals surface area contributed by atoms with E-state index in [9.17, 15) is 0 Å². The predicted octanol–water partition coefficient (Wildman–Crippen LogP) is 2.34. The van der Waals surface area contributed by atoms with Crippen molar-refractivity contribution in [2.45, 2.75) is 13.3 Å². The number of aromatic nitrogens is 1. The molecule has 17 heavy (non-hydrogen) atoms. The van der Waals surface area contributed by atoms with Crippen molar-refractivity contribution in [2.75, 3.05) is 31.2 Å². The van der Waals surface area contributed by atoms with Gasteiger partial charge in [-0.25, -0.2) is 0 Å². The molecule has 2 aromatic rings. The summed E-state index contributed by atoms with van der Waals surface area (Å²) >= 11 is 0. The summed E-state index contributed by atoms with van der Waals surface area (Å²) < 4.78 is 7.73. The van der Waals surface area contributed by atoms with Crippen LogP contribution >= 0.6 is 0 Å². The van der Waals surface area contributed by atoms with Crippen molar-refractivity contribution < 1.29 is 4.74 Å². The fourth-order valence-corrected chi connectivity index (χ4v) is 2.56. The summed E-state index contributed by atoms with van der Waals surface area (Å²) in [6.45, 7) is 5.88. The van der Waals surface area contributed by atoms with Crippen LogP contribution in [0.5, 0.6) is 0 Å². The van der Waals surface area contributed by atoms with Gasteiger partial charge >= 0.3 is 0 Å². The fraction of sp³-hybridized carbons (Fsp3) is 0.429. The number of ether oxygens (including phenoxy) is 1. The number of fused-ring (bicyclic) bond motifs is 1. The van der Waals surface area contributed by atoms with E-state index in [1.807, 2.05) is 0 Å². The summed E-state index contributed by atoms with van der Waals surface area (Å²) in [5.74, 6) is 1.35. The molecule has 3 heteroatoms. The van der Waals surface area contributed by atoms with Gasteiger partial charge in [-0.1, -0.05) is 13.0 Å². The first-order valence-corrected chi connectivity index (χ1v) is 6.32.